The van der Waals surface area contributed by atoms with Crippen LogP contribution in [0.3, 0.4) is 0 Å². The van der Waals surface area contributed by atoms with Gasteiger partial charge in [0.05, 0.1) is 29.4 Å². The zero-order valence-corrected chi connectivity index (χ0v) is 18.1. The molecule has 172 valence electrons. The van der Waals surface area contributed by atoms with E-state index in [9.17, 15) is 18.0 Å². The number of carbonyl (C=O) groups excluding carboxylic acids is 1. The molecule has 2 aliphatic rings. The molecule has 0 aromatic heterocycles. The van der Waals surface area contributed by atoms with Crippen molar-refractivity contribution in [1.82, 2.24) is 10.6 Å². The molecule has 2 N–H and O–H groups in total. The van der Waals surface area contributed by atoms with Crippen LogP contribution < -0.4 is 10.6 Å². The SMILES string of the molecule is Cc1cc(C(C)OCC2(c3ccccc3)CCC3(CN2)COC(=O)N3)cc(C(F)(F)F)c1. The highest BCUT2D eigenvalue weighted by atomic mass is 19.4. The van der Waals surface area contributed by atoms with E-state index in [0.29, 0.717) is 37.1 Å². The predicted molar refractivity (Wildman–Crippen MR) is 113 cm³/mol. The molecule has 2 saturated heterocycles. The lowest BCUT2D eigenvalue weighted by Crippen LogP contribution is -2.62. The molecular weight excluding hydrogens is 421 g/mol. The number of halogens is 3. The Morgan fingerprint density at radius 2 is 1.91 bits per heavy atom. The number of benzene rings is 2. The van der Waals surface area contributed by atoms with Gasteiger partial charge >= 0.3 is 12.3 Å². The minimum Gasteiger partial charge on any atom is -0.447 e. The van der Waals surface area contributed by atoms with Crippen LogP contribution in [-0.4, -0.2) is 31.4 Å². The molecule has 2 aromatic rings. The summed E-state index contributed by atoms with van der Waals surface area (Å²) in [6.07, 6.45) is -3.97. The van der Waals surface area contributed by atoms with Crippen molar-refractivity contribution in [2.75, 3.05) is 19.8 Å². The van der Waals surface area contributed by atoms with Gasteiger partial charge in [0.2, 0.25) is 0 Å². The largest absolute Gasteiger partial charge is 0.447 e. The first kappa shape index (κ1) is 22.6. The molecule has 8 heteroatoms. The lowest BCUT2D eigenvalue weighted by Gasteiger charge is -2.45. The Morgan fingerprint density at radius 1 is 1.16 bits per heavy atom. The van der Waals surface area contributed by atoms with E-state index >= 15 is 0 Å². The Bertz CT molecular complexity index is 970. The number of ether oxygens (including phenoxy) is 2. The van der Waals surface area contributed by atoms with E-state index in [1.165, 1.54) is 0 Å². The molecule has 1 amide bonds. The van der Waals surface area contributed by atoms with Crippen LogP contribution in [0.4, 0.5) is 18.0 Å². The van der Waals surface area contributed by atoms with Crippen LogP contribution in [-0.2, 0) is 21.2 Å². The number of piperidine rings is 1. The Hall–Kier alpha value is -2.58. The topological polar surface area (TPSA) is 59.6 Å². The lowest BCUT2D eigenvalue weighted by atomic mass is 9.77. The van der Waals surface area contributed by atoms with E-state index in [1.54, 1.807) is 19.9 Å². The molecule has 32 heavy (non-hydrogen) atoms. The summed E-state index contributed by atoms with van der Waals surface area (Å²) in [6.45, 7) is 4.51. The number of cyclic esters (lactones) is 1. The summed E-state index contributed by atoms with van der Waals surface area (Å²) in [7, 11) is 0. The molecule has 5 nitrogen and oxygen atoms in total. The Labute approximate surface area is 185 Å². The second-order valence-corrected chi connectivity index (χ2v) is 8.87. The number of rotatable bonds is 5. The van der Waals surface area contributed by atoms with Crippen LogP contribution in [0.15, 0.2) is 48.5 Å². The van der Waals surface area contributed by atoms with Crippen LogP contribution in [0, 0.1) is 6.92 Å². The van der Waals surface area contributed by atoms with Gasteiger partial charge in [-0.3, -0.25) is 0 Å². The van der Waals surface area contributed by atoms with Gasteiger partial charge in [-0.2, -0.15) is 13.2 Å². The van der Waals surface area contributed by atoms with E-state index in [1.807, 2.05) is 30.3 Å². The molecule has 0 saturated carbocycles. The zero-order chi connectivity index (χ0) is 23.0. The van der Waals surface area contributed by atoms with Crippen molar-refractivity contribution in [1.29, 1.82) is 0 Å². The van der Waals surface area contributed by atoms with Gasteiger partial charge in [0, 0.05) is 6.54 Å². The highest BCUT2D eigenvalue weighted by molar-refractivity contribution is 5.70. The molecule has 2 heterocycles. The summed E-state index contributed by atoms with van der Waals surface area (Å²) in [4.78, 5) is 11.6. The Kier molecular flexibility index (Phi) is 5.94. The number of hydrogen-bond donors (Lipinski definition) is 2. The van der Waals surface area contributed by atoms with Gasteiger partial charge in [-0.25, -0.2) is 4.79 Å². The third kappa shape index (κ3) is 4.61. The average molecular weight is 448 g/mol. The number of alkyl halides is 3. The maximum Gasteiger partial charge on any atom is 0.416 e. The molecule has 0 aliphatic carbocycles. The summed E-state index contributed by atoms with van der Waals surface area (Å²) < 4.78 is 51.0. The van der Waals surface area contributed by atoms with Gasteiger partial charge in [-0.1, -0.05) is 42.0 Å². The second-order valence-electron chi connectivity index (χ2n) is 8.87. The molecule has 3 unspecified atom stereocenters. The molecular formula is C24H27F3N2O3. The third-order valence-electron chi connectivity index (χ3n) is 6.44. The van der Waals surface area contributed by atoms with Gasteiger partial charge in [0.15, 0.2) is 0 Å². The average Bonchev–Trinajstić information content (AvgIpc) is 3.13. The number of aryl methyl sites for hydroxylation is 1. The fourth-order valence-electron chi connectivity index (χ4n) is 4.47. The molecule has 0 bridgehead atoms. The molecule has 2 aliphatic heterocycles. The van der Waals surface area contributed by atoms with Crippen LogP contribution >= 0.6 is 0 Å². The molecule has 4 rings (SSSR count). The lowest BCUT2D eigenvalue weighted by molar-refractivity contribution is -0.137. The first-order chi connectivity index (χ1) is 15.1. The quantitative estimate of drug-likeness (QED) is 0.687. The van der Waals surface area contributed by atoms with E-state index in [2.05, 4.69) is 10.6 Å². The van der Waals surface area contributed by atoms with E-state index in [0.717, 1.165) is 17.7 Å². The molecule has 2 fully saturated rings. The Morgan fingerprint density at radius 3 is 2.50 bits per heavy atom. The van der Waals surface area contributed by atoms with Crippen molar-refractivity contribution < 1.29 is 27.4 Å². The smallest absolute Gasteiger partial charge is 0.416 e. The fourth-order valence-corrected chi connectivity index (χ4v) is 4.47. The predicted octanol–water partition coefficient (Wildman–Crippen LogP) is 4.85. The monoisotopic (exact) mass is 448 g/mol. The standard InChI is InChI=1S/C24H27F3N2O3/c1-16-10-18(12-20(11-16)24(25,26)27)17(2)31-15-23(19-6-4-3-5-7-19)9-8-22(13-28-23)14-32-21(30)29-22/h3-7,10-12,17,28H,8-9,13-15H2,1-2H3,(H,29,30). The number of carbonyl (C=O) groups is 1. The van der Waals surface area contributed by atoms with E-state index in [-0.39, 0.29) is 6.61 Å². The van der Waals surface area contributed by atoms with Crippen LogP contribution in [0.1, 0.15) is 48.1 Å². The first-order valence-corrected chi connectivity index (χ1v) is 10.7. The second kappa shape index (κ2) is 8.41. The summed E-state index contributed by atoms with van der Waals surface area (Å²) >= 11 is 0. The summed E-state index contributed by atoms with van der Waals surface area (Å²) in [5.41, 5.74) is 0.425. The number of hydrogen-bond acceptors (Lipinski definition) is 4. The highest BCUT2D eigenvalue weighted by Gasteiger charge is 2.48. The van der Waals surface area contributed by atoms with Gasteiger partial charge in [0.1, 0.15) is 6.61 Å². The summed E-state index contributed by atoms with van der Waals surface area (Å²) in [6, 6.07) is 13.9. The van der Waals surface area contributed by atoms with Crippen molar-refractivity contribution in [3.63, 3.8) is 0 Å². The zero-order valence-electron chi connectivity index (χ0n) is 18.1. The van der Waals surface area contributed by atoms with Crippen LogP contribution in [0.5, 0.6) is 0 Å². The maximum atomic E-state index is 13.3. The van der Waals surface area contributed by atoms with Crippen molar-refractivity contribution >= 4 is 6.09 Å². The molecule has 0 radical (unpaired) electrons. The van der Waals surface area contributed by atoms with Gasteiger partial charge in [0.25, 0.3) is 0 Å². The minimum absolute atomic E-state index is 0.276. The van der Waals surface area contributed by atoms with Crippen molar-refractivity contribution in [3.8, 4) is 0 Å². The molecule has 2 aromatic carbocycles. The Balaban J connectivity index is 1.53. The van der Waals surface area contributed by atoms with Crippen molar-refractivity contribution in [2.45, 2.75) is 50.0 Å². The number of amides is 1. The highest BCUT2D eigenvalue weighted by Crippen LogP contribution is 2.38. The van der Waals surface area contributed by atoms with Crippen molar-refractivity contribution in [3.05, 3.63) is 70.8 Å². The van der Waals surface area contributed by atoms with Gasteiger partial charge in [-0.15, -0.1) is 0 Å². The molecule has 3 atom stereocenters. The van der Waals surface area contributed by atoms with Crippen LogP contribution in [0.2, 0.25) is 0 Å². The minimum atomic E-state index is -4.40. The molecule has 1 spiro atoms. The maximum absolute atomic E-state index is 13.3. The van der Waals surface area contributed by atoms with E-state index < -0.39 is 35.0 Å². The first-order valence-electron chi connectivity index (χ1n) is 10.7. The van der Waals surface area contributed by atoms with Gasteiger partial charge in [-0.05, 0) is 49.9 Å². The van der Waals surface area contributed by atoms with Gasteiger partial charge < -0.3 is 20.1 Å². The fraction of sp³-hybridized carbons (Fsp3) is 0.458. The van der Waals surface area contributed by atoms with E-state index in [4.69, 9.17) is 9.47 Å². The number of nitrogens with one attached hydrogen (secondary N) is 2. The third-order valence-corrected chi connectivity index (χ3v) is 6.44. The normalized spacial score (nSPS) is 26.6. The summed E-state index contributed by atoms with van der Waals surface area (Å²) in [5.74, 6) is 0. The van der Waals surface area contributed by atoms with Crippen LogP contribution in [0.25, 0.3) is 0 Å². The van der Waals surface area contributed by atoms with Crippen molar-refractivity contribution in [2.24, 2.45) is 0 Å². The number of alkyl carbamates (subject to hydrolysis) is 1. The summed E-state index contributed by atoms with van der Waals surface area (Å²) in [5, 5.41) is 6.46.